The van der Waals surface area contributed by atoms with Crippen LogP contribution in [0.15, 0.2) is 30.3 Å². The van der Waals surface area contributed by atoms with Gasteiger partial charge in [-0.25, -0.2) is 0 Å². The molecule has 0 bridgehead atoms. The van der Waals surface area contributed by atoms with Crippen LogP contribution < -0.4 is 0 Å². The third kappa shape index (κ3) is 3.59. The van der Waals surface area contributed by atoms with Crippen molar-refractivity contribution >= 4 is 10.8 Å². The van der Waals surface area contributed by atoms with E-state index in [1.165, 1.54) is 40.3 Å². The molecule has 0 unspecified atom stereocenters. The van der Waals surface area contributed by atoms with Crippen LogP contribution in [0.1, 0.15) is 44.4 Å². The molecule has 0 aromatic heterocycles. The first kappa shape index (κ1) is 14.1. The molecule has 0 heterocycles. The number of aryl methyl sites for hydroxylation is 1. The van der Waals surface area contributed by atoms with Crippen LogP contribution in [0.3, 0.4) is 0 Å². The Morgan fingerprint density at radius 3 is 2.16 bits per heavy atom. The van der Waals surface area contributed by atoms with E-state index in [1.54, 1.807) is 0 Å². The number of fused-ring (bicyclic) bond motifs is 1. The normalized spacial score (nSPS) is 11.7. The molecule has 0 saturated heterocycles. The van der Waals surface area contributed by atoms with Gasteiger partial charge in [-0.1, -0.05) is 63.6 Å². The van der Waals surface area contributed by atoms with Gasteiger partial charge in [0, 0.05) is 0 Å². The van der Waals surface area contributed by atoms with E-state index in [2.05, 4.69) is 65.0 Å². The maximum atomic E-state index is 2.38. The molecule has 0 heteroatoms. The third-order valence-electron chi connectivity index (χ3n) is 3.52. The molecule has 19 heavy (non-hydrogen) atoms. The molecule has 0 saturated carbocycles. The van der Waals surface area contributed by atoms with Crippen LogP contribution in [0.5, 0.6) is 0 Å². The van der Waals surface area contributed by atoms with Crippen LogP contribution in [-0.2, 0) is 12.8 Å². The van der Waals surface area contributed by atoms with Gasteiger partial charge in [-0.05, 0) is 53.5 Å². The smallest absolute Gasteiger partial charge is 0.0151 e. The lowest BCUT2D eigenvalue weighted by Gasteiger charge is -2.13. The molecule has 2 aromatic rings. The van der Waals surface area contributed by atoms with Gasteiger partial charge in [0.15, 0.2) is 0 Å². The van der Waals surface area contributed by atoms with Gasteiger partial charge in [0.1, 0.15) is 0 Å². The fraction of sp³-hybridized carbons (Fsp3) is 0.474. The van der Waals surface area contributed by atoms with Gasteiger partial charge in [-0.15, -0.1) is 0 Å². The summed E-state index contributed by atoms with van der Waals surface area (Å²) in [5, 5.41) is 2.85. The molecule has 0 aliphatic rings. The fourth-order valence-corrected chi connectivity index (χ4v) is 2.87. The summed E-state index contributed by atoms with van der Waals surface area (Å²) in [6.45, 7) is 11.4. The Hall–Kier alpha value is -1.30. The van der Waals surface area contributed by atoms with Crippen molar-refractivity contribution in [3.8, 4) is 0 Å². The van der Waals surface area contributed by atoms with Crippen molar-refractivity contribution in [2.75, 3.05) is 0 Å². The van der Waals surface area contributed by atoms with Crippen LogP contribution >= 0.6 is 0 Å². The number of benzene rings is 2. The van der Waals surface area contributed by atoms with Crippen molar-refractivity contribution in [2.45, 2.75) is 47.5 Å². The Balaban J connectivity index is 2.48. The minimum absolute atomic E-state index is 0.709. The quantitative estimate of drug-likeness (QED) is 0.671. The lowest BCUT2D eigenvalue weighted by Crippen LogP contribution is -1.98. The molecule has 2 rings (SSSR count). The van der Waals surface area contributed by atoms with E-state index >= 15 is 0 Å². The molecule has 102 valence electrons. The minimum Gasteiger partial charge on any atom is -0.0625 e. The SMILES string of the molecule is Cc1cc(CC(C)C)c2ccc(CC(C)C)cc2c1. The minimum atomic E-state index is 0.709. The monoisotopic (exact) mass is 254 g/mol. The summed E-state index contributed by atoms with van der Waals surface area (Å²) < 4.78 is 0. The summed E-state index contributed by atoms with van der Waals surface area (Å²) >= 11 is 0. The molecule has 0 amide bonds. The molecule has 0 fully saturated rings. The zero-order valence-electron chi connectivity index (χ0n) is 13.0. The summed E-state index contributed by atoms with van der Waals surface area (Å²) in [6, 6.07) is 11.7. The second-order valence-electron chi connectivity index (χ2n) is 6.68. The van der Waals surface area contributed by atoms with Crippen LogP contribution in [0.25, 0.3) is 10.8 Å². The van der Waals surface area contributed by atoms with Crippen molar-refractivity contribution in [3.63, 3.8) is 0 Å². The van der Waals surface area contributed by atoms with Crippen LogP contribution in [0.2, 0.25) is 0 Å². The highest BCUT2D eigenvalue weighted by Gasteiger charge is 2.06. The maximum absolute atomic E-state index is 2.38. The molecule has 0 spiro atoms. The predicted molar refractivity (Wildman–Crippen MR) is 85.8 cm³/mol. The first-order valence-electron chi connectivity index (χ1n) is 7.48. The Kier molecular flexibility index (Phi) is 4.29. The van der Waals surface area contributed by atoms with Crippen LogP contribution in [-0.4, -0.2) is 0 Å². The van der Waals surface area contributed by atoms with Crippen LogP contribution in [0, 0.1) is 18.8 Å². The van der Waals surface area contributed by atoms with Crippen molar-refractivity contribution in [3.05, 3.63) is 47.0 Å². The largest absolute Gasteiger partial charge is 0.0625 e. The first-order valence-corrected chi connectivity index (χ1v) is 7.48. The molecule has 0 radical (unpaired) electrons. The van der Waals surface area contributed by atoms with Gasteiger partial charge < -0.3 is 0 Å². The maximum Gasteiger partial charge on any atom is -0.0151 e. The highest BCUT2D eigenvalue weighted by molar-refractivity contribution is 5.87. The molecule has 2 aromatic carbocycles. The van der Waals surface area contributed by atoms with Crippen LogP contribution in [0.4, 0.5) is 0 Å². The third-order valence-corrected chi connectivity index (χ3v) is 3.52. The van der Waals surface area contributed by atoms with E-state index in [0.29, 0.717) is 5.92 Å². The van der Waals surface area contributed by atoms with Gasteiger partial charge >= 0.3 is 0 Å². The van der Waals surface area contributed by atoms with Crippen molar-refractivity contribution < 1.29 is 0 Å². The van der Waals surface area contributed by atoms with Gasteiger partial charge in [0.2, 0.25) is 0 Å². The van der Waals surface area contributed by atoms with E-state index in [1.807, 2.05) is 0 Å². The molecule has 0 atom stereocenters. The fourth-order valence-electron chi connectivity index (χ4n) is 2.87. The average molecular weight is 254 g/mol. The summed E-state index contributed by atoms with van der Waals surface area (Å²) in [6.07, 6.45) is 2.34. The van der Waals surface area contributed by atoms with E-state index in [9.17, 15) is 0 Å². The summed E-state index contributed by atoms with van der Waals surface area (Å²) in [5.74, 6) is 1.43. The Labute approximate surface area is 117 Å². The van der Waals surface area contributed by atoms with E-state index < -0.39 is 0 Å². The zero-order chi connectivity index (χ0) is 14.0. The summed E-state index contributed by atoms with van der Waals surface area (Å²) in [7, 11) is 0. The van der Waals surface area contributed by atoms with E-state index in [4.69, 9.17) is 0 Å². The second kappa shape index (κ2) is 5.77. The van der Waals surface area contributed by atoms with E-state index in [-0.39, 0.29) is 0 Å². The summed E-state index contributed by atoms with van der Waals surface area (Å²) in [4.78, 5) is 0. The highest BCUT2D eigenvalue weighted by atomic mass is 14.1. The molecular weight excluding hydrogens is 228 g/mol. The number of hydrogen-bond donors (Lipinski definition) is 0. The zero-order valence-corrected chi connectivity index (χ0v) is 13.0. The van der Waals surface area contributed by atoms with Crippen molar-refractivity contribution in [1.82, 2.24) is 0 Å². The summed E-state index contributed by atoms with van der Waals surface area (Å²) in [5.41, 5.74) is 4.34. The molecule has 0 nitrogen and oxygen atoms in total. The molecule has 0 aliphatic heterocycles. The highest BCUT2D eigenvalue weighted by Crippen LogP contribution is 2.25. The topological polar surface area (TPSA) is 0 Å². The predicted octanol–water partition coefficient (Wildman–Crippen LogP) is 5.55. The standard InChI is InChI=1S/C19H26/c1-13(2)8-16-6-7-19-17(9-14(3)4)10-15(5)11-18(19)12-16/h6-7,10-14H,8-9H2,1-5H3. The Morgan fingerprint density at radius 1 is 0.842 bits per heavy atom. The second-order valence-corrected chi connectivity index (χ2v) is 6.68. The lowest BCUT2D eigenvalue weighted by atomic mass is 9.92. The number of hydrogen-bond acceptors (Lipinski definition) is 0. The van der Waals surface area contributed by atoms with Gasteiger partial charge in [-0.3, -0.25) is 0 Å². The van der Waals surface area contributed by atoms with Gasteiger partial charge in [0.05, 0.1) is 0 Å². The van der Waals surface area contributed by atoms with Crippen molar-refractivity contribution in [2.24, 2.45) is 11.8 Å². The number of rotatable bonds is 4. The molecule has 0 aliphatic carbocycles. The molecular formula is C19H26. The molecule has 0 N–H and O–H groups in total. The first-order chi connectivity index (χ1) is 8.95. The van der Waals surface area contributed by atoms with Crippen molar-refractivity contribution in [1.29, 1.82) is 0 Å². The Morgan fingerprint density at radius 2 is 1.53 bits per heavy atom. The van der Waals surface area contributed by atoms with E-state index in [0.717, 1.165) is 5.92 Å². The van der Waals surface area contributed by atoms with Gasteiger partial charge in [0.25, 0.3) is 0 Å². The van der Waals surface area contributed by atoms with Gasteiger partial charge in [-0.2, -0.15) is 0 Å². The average Bonchev–Trinajstić information content (AvgIpc) is 2.26. The lowest BCUT2D eigenvalue weighted by molar-refractivity contribution is 0.647. The Bertz CT molecular complexity index is 562.